The fourth-order valence-corrected chi connectivity index (χ4v) is 1.40. The normalized spacial score (nSPS) is 12.9. The number of nitrogens with zero attached hydrogens (tertiary/aromatic N) is 2. The van der Waals surface area contributed by atoms with Gasteiger partial charge in [0.25, 0.3) is 0 Å². The molecule has 0 spiro atoms. The Labute approximate surface area is 69.6 Å². The Morgan fingerprint density at radius 3 is 3.00 bits per heavy atom. The highest BCUT2D eigenvalue weighted by Crippen LogP contribution is 2.17. The summed E-state index contributed by atoms with van der Waals surface area (Å²) in [5, 5.41) is 0.817. The molecule has 1 aromatic heterocycles. The predicted octanol–water partition coefficient (Wildman–Crippen LogP) is 1.62. The molecule has 0 saturated carbocycles. The molecule has 0 aliphatic heterocycles. The molecule has 60 valence electrons. The maximum atomic E-state index is 11.1. The summed E-state index contributed by atoms with van der Waals surface area (Å²) in [4.78, 5) is 15.1. The highest BCUT2D eigenvalue weighted by atomic mass is 32.1. The molecule has 0 N–H and O–H groups in total. The lowest BCUT2D eigenvalue weighted by atomic mass is 10.1. The van der Waals surface area contributed by atoms with Gasteiger partial charge in [0.2, 0.25) is 0 Å². The summed E-state index contributed by atoms with van der Waals surface area (Å²) in [5.41, 5.74) is 0. The minimum absolute atomic E-state index is 0.0764. The van der Waals surface area contributed by atoms with Crippen LogP contribution in [0.25, 0.3) is 0 Å². The van der Waals surface area contributed by atoms with E-state index in [-0.39, 0.29) is 11.7 Å². The van der Waals surface area contributed by atoms with E-state index in [1.165, 1.54) is 17.9 Å². The molecular formula is C7H10N2OS. The van der Waals surface area contributed by atoms with E-state index in [0.29, 0.717) is 6.42 Å². The molecule has 11 heavy (non-hydrogen) atoms. The van der Waals surface area contributed by atoms with Crippen LogP contribution < -0.4 is 0 Å². The second kappa shape index (κ2) is 3.57. The SMILES string of the molecule is CCC(=O)C(C)c1ncns1. The topological polar surface area (TPSA) is 42.9 Å². The third kappa shape index (κ3) is 1.83. The molecule has 1 rings (SSSR count). The van der Waals surface area contributed by atoms with Crippen molar-refractivity contribution in [3.8, 4) is 0 Å². The Morgan fingerprint density at radius 2 is 2.55 bits per heavy atom. The number of hydrogen-bond donors (Lipinski definition) is 0. The lowest BCUT2D eigenvalue weighted by Gasteiger charge is -2.02. The maximum Gasteiger partial charge on any atom is 0.142 e. The van der Waals surface area contributed by atoms with Gasteiger partial charge in [0.15, 0.2) is 0 Å². The summed E-state index contributed by atoms with van der Waals surface area (Å²) >= 11 is 1.29. The van der Waals surface area contributed by atoms with E-state index in [4.69, 9.17) is 0 Å². The number of aromatic nitrogens is 2. The van der Waals surface area contributed by atoms with Crippen molar-refractivity contribution in [2.24, 2.45) is 0 Å². The first-order chi connectivity index (χ1) is 5.25. The van der Waals surface area contributed by atoms with Crippen molar-refractivity contribution in [2.45, 2.75) is 26.2 Å². The zero-order valence-corrected chi connectivity index (χ0v) is 7.39. The van der Waals surface area contributed by atoms with Crippen LogP contribution in [0.1, 0.15) is 31.2 Å². The monoisotopic (exact) mass is 170 g/mol. The van der Waals surface area contributed by atoms with Gasteiger partial charge in [-0.1, -0.05) is 6.92 Å². The molecular weight excluding hydrogens is 160 g/mol. The second-order valence-electron chi connectivity index (χ2n) is 2.32. The zero-order valence-electron chi connectivity index (χ0n) is 6.57. The largest absolute Gasteiger partial charge is 0.299 e. The quantitative estimate of drug-likeness (QED) is 0.692. The van der Waals surface area contributed by atoms with Gasteiger partial charge in [0.05, 0.1) is 5.92 Å². The summed E-state index contributed by atoms with van der Waals surface area (Å²) < 4.78 is 3.84. The average Bonchev–Trinajstić information content (AvgIpc) is 2.53. The molecule has 1 heterocycles. The Balaban J connectivity index is 2.70. The van der Waals surface area contributed by atoms with Crippen LogP contribution in [0.4, 0.5) is 0 Å². The third-order valence-electron chi connectivity index (χ3n) is 1.58. The summed E-state index contributed by atoms with van der Waals surface area (Å²) in [6.07, 6.45) is 2.06. The molecule has 0 radical (unpaired) electrons. The number of rotatable bonds is 3. The number of Topliss-reactive ketones (excluding diaryl/α,β-unsaturated/α-hetero) is 1. The Kier molecular flexibility index (Phi) is 2.70. The first-order valence-corrected chi connectivity index (χ1v) is 4.32. The van der Waals surface area contributed by atoms with E-state index in [1.54, 1.807) is 0 Å². The molecule has 0 fully saturated rings. The van der Waals surface area contributed by atoms with Gasteiger partial charge >= 0.3 is 0 Å². The van der Waals surface area contributed by atoms with Crippen molar-refractivity contribution in [1.29, 1.82) is 0 Å². The fraction of sp³-hybridized carbons (Fsp3) is 0.571. The second-order valence-corrected chi connectivity index (χ2v) is 3.13. The van der Waals surface area contributed by atoms with Crippen LogP contribution >= 0.6 is 11.5 Å². The van der Waals surface area contributed by atoms with Crippen molar-refractivity contribution in [3.63, 3.8) is 0 Å². The Hall–Kier alpha value is -0.770. The number of carbonyl (C=O) groups is 1. The first kappa shape index (κ1) is 8.33. The van der Waals surface area contributed by atoms with Crippen LogP contribution in [-0.2, 0) is 4.79 Å². The van der Waals surface area contributed by atoms with Crippen LogP contribution in [0, 0.1) is 0 Å². The van der Waals surface area contributed by atoms with E-state index in [2.05, 4.69) is 9.36 Å². The third-order valence-corrected chi connectivity index (χ3v) is 2.43. The van der Waals surface area contributed by atoms with E-state index >= 15 is 0 Å². The fourth-order valence-electron chi connectivity index (χ4n) is 0.816. The van der Waals surface area contributed by atoms with E-state index < -0.39 is 0 Å². The highest BCUT2D eigenvalue weighted by Gasteiger charge is 2.15. The van der Waals surface area contributed by atoms with Gasteiger partial charge in [0, 0.05) is 6.42 Å². The predicted molar refractivity (Wildman–Crippen MR) is 43.6 cm³/mol. The molecule has 3 nitrogen and oxygen atoms in total. The van der Waals surface area contributed by atoms with Gasteiger partial charge in [0.1, 0.15) is 17.1 Å². The Morgan fingerprint density at radius 1 is 1.82 bits per heavy atom. The smallest absolute Gasteiger partial charge is 0.142 e. The van der Waals surface area contributed by atoms with Crippen LogP contribution in [0.15, 0.2) is 6.33 Å². The highest BCUT2D eigenvalue weighted by molar-refractivity contribution is 7.05. The molecule has 1 aromatic rings. The van der Waals surface area contributed by atoms with Gasteiger partial charge < -0.3 is 0 Å². The molecule has 1 atom stereocenters. The molecule has 0 saturated heterocycles. The standard InChI is InChI=1S/C7H10N2OS/c1-3-6(10)5(2)7-8-4-9-11-7/h4-5H,3H2,1-2H3. The van der Waals surface area contributed by atoms with E-state index in [9.17, 15) is 4.79 Å². The molecule has 0 bridgehead atoms. The maximum absolute atomic E-state index is 11.1. The number of ketones is 1. The minimum atomic E-state index is -0.0764. The summed E-state index contributed by atoms with van der Waals surface area (Å²) in [6, 6.07) is 0. The summed E-state index contributed by atoms with van der Waals surface area (Å²) in [6.45, 7) is 3.73. The molecule has 0 amide bonds. The zero-order chi connectivity index (χ0) is 8.27. The van der Waals surface area contributed by atoms with Crippen LogP contribution in [0.2, 0.25) is 0 Å². The molecule has 4 heteroatoms. The van der Waals surface area contributed by atoms with Gasteiger partial charge in [-0.2, -0.15) is 4.37 Å². The lowest BCUT2D eigenvalue weighted by Crippen LogP contribution is -2.06. The summed E-state index contributed by atoms with van der Waals surface area (Å²) in [7, 11) is 0. The van der Waals surface area contributed by atoms with E-state index in [1.807, 2.05) is 13.8 Å². The minimum Gasteiger partial charge on any atom is -0.299 e. The van der Waals surface area contributed by atoms with Crippen LogP contribution in [0.3, 0.4) is 0 Å². The molecule has 0 aliphatic rings. The van der Waals surface area contributed by atoms with Gasteiger partial charge in [-0.25, -0.2) is 4.98 Å². The van der Waals surface area contributed by atoms with Crippen molar-refractivity contribution in [2.75, 3.05) is 0 Å². The van der Waals surface area contributed by atoms with Crippen molar-refractivity contribution in [3.05, 3.63) is 11.3 Å². The Bertz CT molecular complexity index is 233. The van der Waals surface area contributed by atoms with E-state index in [0.717, 1.165) is 5.01 Å². The van der Waals surface area contributed by atoms with Crippen molar-refractivity contribution >= 4 is 17.3 Å². The number of carbonyl (C=O) groups excluding carboxylic acids is 1. The first-order valence-electron chi connectivity index (χ1n) is 3.55. The van der Waals surface area contributed by atoms with Gasteiger partial charge in [-0.15, -0.1) is 0 Å². The molecule has 0 aromatic carbocycles. The van der Waals surface area contributed by atoms with Crippen LogP contribution in [-0.4, -0.2) is 15.1 Å². The summed E-state index contributed by atoms with van der Waals surface area (Å²) in [5.74, 6) is 0.147. The van der Waals surface area contributed by atoms with Gasteiger partial charge in [-0.05, 0) is 18.5 Å². The van der Waals surface area contributed by atoms with Crippen molar-refractivity contribution < 1.29 is 4.79 Å². The van der Waals surface area contributed by atoms with Crippen molar-refractivity contribution in [1.82, 2.24) is 9.36 Å². The molecule has 1 unspecified atom stereocenters. The molecule has 0 aliphatic carbocycles. The number of hydrogen-bond acceptors (Lipinski definition) is 4. The lowest BCUT2D eigenvalue weighted by molar-refractivity contribution is -0.119. The van der Waals surface area contributed by atoms with Crippen LogP contribution in [0.5, 0.6) is 0 Å². The van der Waals surface area contributed by atoms with Gasteiger partial charge in [-0.3, -0.25) is 4.79 Å². The average molecular weight is 170 g/mol.